The number of hydrogen-bond donors (Lipinski definition) is 0. The van der Waals surface area contributed by atoms with E-state index < -0.39 is 0 Å². The highest BCUT2D eigenvalue weighted by atomic mass is 16.5. The third-order valence-corrected chi connectivity index (χ3v) is 5.11. The number of rotatable bonds is 3. The van der Waals surface area contributed by atoms with Crippen LogP contribution in [0.25, 0.3) is 0 Å². The second kappa shape index (κ2) is 8.02. The maximum Gasteiger partial charge on any atom is 0.137 e. The van der Waals surface area contributed by atoms with Gasteiger partial charge in [-0.05, 0) is 73.3 Å². The number of nitrogens with zero attached hydrogens (tertiary/aromatic N) is 1. The van der Waals surface area contributed by atoms with E-state index in [-0.39, 0.29) is 0 Å². The summed E-state index contributed by atoms with van der Waals surface area (Å²) in [6.07, 6.45) is 8.46. The van der Waals surface area contributed by atoms with Crippen molar-refractivity contribution in [3.8, 4) is 17.6 Å². The van der Waals surface area contributed by atoms with Crippen LogP contribution in [0.3, 0.4) is 0 Å². The van der Waals surface area contributed by atoms with Crippen LogP contribution in [0.2, 0.25) is 0 Å². The first-order valence-corrected chi connectivity index (χ1v) is 8.90. The van der Waals surface area contributed by atoms with Crippen molar-refractivity contribution in [2.75, 3.05) is 7.11 Å². The number of hydrogen-bond acceptors (Lipinski definition) is 2. The van der Waals surface area contributed by atoms with E-state index in [1.54, 1.807) is 13.3 Å². The van der Waals surface area contributed by atoms with Crippen LogP contribution in [0.5, 0.6) is 5.75 Å². The van der Waals surface area contributed by atoms with Crippen molar-refractivity contribution in [1.82, 2.24) is 4.98 Å². The highest BCUT2D eigenvalue weighted by molar-refractivity contribution is 5.42. The molecule has 3 rings (SSSR count). The SMILES string of the molecule is CC[C@H]1CC[C@H](c2ccc(C#Cc3ccc(OC)cn3)cc2)CC1. The minimum atomic E-state index is 0.734. The molecule has 2 nitrogen and oxygen atoms in total. The van der Waals surface area contributed by atoms with Crippen LogP contribution in [0, 0.1) is 17.8 Å². The van der Waals surface area contributed by atoms with Crippen molar-refractivity contribution in [3.63, 3.8) is 0 Å². The Morgan fingerprint density at radius 2 is 1.75 bits per heavy atom. The van der Waals surface area contributed by atoms with E-state index in [4.69, 9.17) is 4.74 Å². The minimum absolute atomic E-state index is 0.734. The van der Waals surface area contributed by atoms with Crippen molar-refractivity contribution in [2.24, 2.45) is 5.92 Å². The second-order valence-electron chi connectivity index (χ2n) is 6.58. The molecule has 0 N–H and O–H groups in total. The molecule has 1 aromatic carbocycles. The first-order valence-electron chi connectivity index (χ1n) is 8.90. The van der Waals surface area contributed by atoms with Crippen molar-refractivity contribution < 1.29 is 4.74 Å². The molecule has 0 aliphatic heterocycles. The Hall–Kier alpha value is -2.27. The van der Waals surface area contributed by atoms with Gasteiger partial charge in [-0.15, -0.1) is 0 Å². The topological polar surface area (TPSA) is 22.1 Å². The Labute approximate surface area is 145 Å². The molecule has 0 unspecified atom stereocenters. The van der Waals surface area contributed by atoms with Crippen LogP contribution < -0.4 is 4.74 Å². The van der Waals surface area contributed by atoms with Gasteiger partial charge < -0.3 is 4.74 Å². The Morgan fingerprint density at radius 1 is 1.00 bits per heavy atom. The number of pyridine rings is 1. The summed E-state index contributed by atoms with van der Waals surface area (Å²) >= 11 is 0. The fraction of sp³-hybridized carbons (Fsp3) is 0.409. The van der Waals surface area contributed by atoms with Crippen LogP contribution in [-0.2, 0) is 0 Å². The van der Waals surface area contributed by atoms with Gasteiger partial charge in [0.05, 0.1) is 13.3 Å². The zero-order chi connectivity index (χ0) is 16.8. The summed E-state index contributed by atoms with van der Waals surface area (Å²) in [7, 11) is 1.64. The molecule has 1 saturated carbocycles. The normalized spacial score (nSPS) is 20.1. The van der Waals surface area contributed by atoms with Crippen molar-refractivity contribution in [2.45, 2.75) is 44.9 Å². The van der Waals surface area contributed by atoms with Gasteiger partial charge in [-0.25, -0.2) is 4.98 Å². The average molecular weight is 319 g/mol. The zero-order valence-electron chi connectivity index (χ0n) is 14.6. The van der Waals surface area contributed by atoms with E-state index in [0.29, 0.717) is 0 Å². The van der Waals surface area contributed by atoms with Gasteiger partial charge in [0.25, 0.3) is 0 Å². The molecule has 0 amide bonds. The molecule has 1 heterocycles. The standard InChI is InChI=1S/C22H25NO/c1-3-17-4-9-19(10-5-17)20-11-6-18(7-12-20)8-13-21-14-15-22(24-2)16-23-21/h6-7,11-12,14-17,19H,3-5,9-10H2,1-2H3/t17-,19-. The second-order valence-corrected chi connectivity index (χ2v) is 6.58. The van der Waals surface area contributed by atoms with Crippen LogP contribution in [-0.4, -0.2) is 12.1 Å². The van der Waals surface area contributed by atoms with Gasteiger partial charge in [-0.3, -0.25) is 0 Å². The lowest BCUT2D eigenvalue weighted by molar-refractivity contribution is 0.319. The summed E-state index contributed by atoms with van der Waals surface area (Å²) in [6, 6.07) is 12.5. The van der Waals surface area contributed by atoms with Gasteiger partial charge in [-0.2, -0.15) is 0 Å². The summed E-state index contributed by atoms with van der Waals surface area (Å²) in [4.78, 5) is 4.27. The van der Waals surface area contributed by atoms with Gasteiger partial charge >= 0.3 is 0 Å². The predicted octanol–water partition coefficient (Wildman–Crippen LogP) is 5.17. The molecule has 0 spiro atoms. The number of ether oxygens (including phenoxy) is 1. The molecule has 1 aliphatic carbocycles. The molecule has 0 radical (unpaired) electrons. The fourth-order valence-corrected chi connectivity index (χ4v) is 3.45. The van der Waals surface area contributed by atoms with Gasteiger partial charge in [0.2, 0.25) is 0 Å². The third-order valence-electron chi connectivity index (χ3n) is 5.11. The monoisotopic (exact) mass is 319 g/mol. The first kappa shape index (κ1) is 16.6. The molecule has 1 aliphatic rings. The summed E-state index contributed by atoms with van der Waals surface area (Å²) in [5, 5.41) is 0. The quantitative estimate of drug-likeness (QED) is 0.728. The largest absolute Gasteiger partial charge is 0.495 e. The molecular weight excluding hydrogens is 294 g/mol. The maximum atomic E-state index is 5.11. The van der Waals surface area contributed by atoms with Crippen LogP contribution in [0.4, 0.5) is 0 Å². The Morgan fingerprint density at radius 3 is 2.33 bits per heavy atom. The maximum absolute atomic E-state index is 5.11. The molecule has 2 aromatic rings. The van der Waals surface area contributed by atoms with E-state index in [1.165, 1.54) is 37.7 Å². The number of aromatic nitrogens is 1. The Balaban J connectivity index is 1.63. The zero-order valence-corrected chi connectivity index (χ0v) is 14.6. The summed E-state index contributed by atoms with van der Waals surface area (Å²) in [5.41, 5.74) is 3.27. The van der Waals surface area contributed by atoms with E-state index in [2.05, 4.69) is 48.0 Å². The van der Waals surface area contributed by atoms with Gasteiger partial charge in [0.1, 0.15) is 11.4 Å². The minimum Gasteiger partial charge on any atom is -0.495 e. The first-order chi connectivity index (χ1) is 11.8. The number of methoxy groups -OCH3 is 1. The summed E-state index contributed by atoms with van der Waals surface area (Å²) in [5.74, 6) is 8.73. The van der Waals surface area contributed by atoms with E-state index in [1.807, 2.05) is 12.1 Å². The molecule has 0 saturated heterocycles. The van der Waals surface area contributed by atoms with Gasteiger partial charge in [0, 0.05) is 5.56 Å². The smallest absolute Gasteiger partial charge is 0.137 e. The molecule has 2 heteroatoms. The lowest BCUT2D eigenvalue weighted by atomic mass is 9.78. The van der Waals surface area contributed by atoms with Crippen LogP contribution in [0.15, 0.2) is 42.6 Å². The van der Waals surface area contributed by atoms with Gasteiger partial charge in [0.15, 0.2) is 0 Å². The molecular formula is C22H25NO. The van der Waals surface area contributed by atoms with E-state index in [0.717, 1.165) is 28.8 Å². The van der Waals surface area contributed by atoms with Crippen molar-refractivity contribution >= 4 is 0 Å². The lowest BCUT2D eigenvalue weighted by Gasteiger charge is -2.28. The van der Waals surface area contributed by atoms with Crippen LogP contribution in [0.1, 0.15) is 61.8 Å². The van der Waals surface area contributed by atoms with E-state index >= 15 is 0 Å². The molecule has 24 heavy (non-hydrogen) atoms. The third kappa shape index (κ3) is 4.17. The summed E-state index contributed by atoms with van der Waals surface area (Å²) in [6.45, 7) is 2.32. The molecule has 0 bridgehead atoms. The van der Waals surface area contributed by atoms with Crippen molar-refractivity contribution in [1.29, 1.82) is 0 Å². The Kier molecular flexibility index (Phi) is 5.54. The fourth-order valence-electron chi connectivity index (χ4n) is 3.45. The molecule has 124 valence electrons. The Bertz CT molecular complexity index is 698. The predicted molar refractivity (Wildman–Crippen MR) is 98.2 cm³/mol. The van der Waals surface area contributed by atoms with Crippen LogP contribution >= 0.6 is 0 Å². The average Bonchev–Trinajstić information content (AvgIpc) is 2.67. The highest BCUT2D eigenvalue weighted by Crippen LogP contribution is 2.36. The van der Waals surface area contributed by atoms with E-state index in [9.17, 15) is 0 Å². The van der Waals surface area contributed by atoms with Gasteiger partial charge in [-0.1, -0.05) is 31.4 Å². The molecule has 0 atom stereocenters. The number of benzene rings is 1. The highest BCUT2D eigenvalue weighted by Gasteiger charge is 2.20. The summed E-state index contributed by atoms with van der Waals surface area (Å²) < 4.78 is 5.11. The van der Waals surface area contributed by atoms with Crippen molar-refractivity contribution in [3.05, 3.63) is 59.4 Å². The molecule has 1 fully saturated rings. The lowest BCUT2D eigenvalue weighted by Crippen LogP contribution is -2.12. The molecule has 1 aromatic heterocycles.